The normalized spacial score (nSPS) is 16.8. The average molecular weight is 276 g/mol. The van der Waals surface area contributed by atoms with Crippen LogP contribution >= 0.6 is 11.3 Å². The van der Waals surface area contributed by atoms with E-state index in [1.165, 1.54) is 37.3 Å². The molecule has 1 aliphatic rings. The fourth-order valence-corrected chi connectivity index (χ4v) is 3.20. The quantitative estimate of drug-likeness (QED) is 0.905. The second-order valence-electron chi connectivity index (χ2n) is 4.93. The van der Waals surface area contributed by atoms with Crippen LogP contribution in [0.4, 0.5) is 0 Å². The van der Waals surface area contributed by atoms with Crippen LogP contribution in [0.5, 0.6) is 0 Å². The summed E-state index contributed by atoms with van der Waals surface area (Å²) in [6.45, 7) is 6.86. The number of hydrogen-bond donors (Lipinski definition) is 1. The smallest absolute Gasteiger partial charge is 0.0950 e. The van der Waals surface area contributed by atoms with Gasteiger partial charge in [0.25, 0.3) is 0 Å². The van der Waals surface area contributed by atoms with Crippen LogP contribution in [0.2, 0.25) is 0 Å². The van der Waals surface area contributed by atoms with Crippen molar-refractivity contribution in [3.63, 3.8) is 0 Å². The molecular formula is C14H20N4S. The lowest BCUT2D eigenvalue weighted by molar-refractivity contribution is 0.235. The van der Waals surface area contributed by atoms with E-state index in [1.54, 1.807) is 11.3 Å². The minimum absolute atomic E-state index is 1.05. The van der Waals surface area contributed by atoms with Crippen LogP contribution in [0, 0.1) is 0 Å². The van der Waals surface area contributed by atoms with Gasteiger partial charge in [-0.1, -0.05) is 0 Å². The first kappa shape index (κ1) is 12.8. The molecule has 5 heteroatoms. The highest BCUT2D eigenvalue weighted by molar-refractivity contribution is 7.08. The molecule has 0 spiro atoms. The molecule has 3 rings (SSSR count). The molecule has 0 unspecified atom stereocenters. The number of aryl methyl sites for hydroxylation is 1. The van der Waals surface area contributed by atoms with Crippen molar-refractivity contribution < 1.29 is 0 Å². The summed E-state index contributed by atoms with van der Waals surface area (Å²) in [7, 11) is 0. The van der Waals surface area contributed by atoms with Crippen molar-refractivity contribution >= 4 is 11.3 Å². The van der Waals surface area contributed by atoms with Gasteiger partial charge in [0.2, 0.25) is 0 Å². The number of imidazole rings is 1. The van der Waals surface area contributed by atoms with Gasteiger partial charge in [-0.05, 0) is 24.4 Å². The molecule has 0 radical (unpaired) electrons. The highest BCUT2D eigenvalue weighted by atomic mass is 32.1. The molecule has 0 atom stereocenters. The van der Waals surface area contributed by atoms with Gasteiger partial charge in [0, 0.05) is 43.7 Å². The summed E-state index contributed by atoms with van der Waals surface area (Å²) < 4.78 is 2.27. The second kappa shape index (κ2) is 6.32. The first-order chi connectivity index (χ1) is 9.43. The monoisotopic (exact) mass is 276 g/mol. The molecule has 102 valence electrons. The van der Waals surface area contributed by atoms with Gasteiger partial charge < -0.3 is 14.8 Å². The number of hydrogen-bond acceptors (Lipinski definition) is 4. The van der Waals surface area contributed by atoms with Crippen molar-refractivity contribution in [2.45, 2.75) is 13.0 Å². The van der Waals surface area contributed by atoms with Gasteiger partial charge in [-0.15, -0.1) is 0 Å². The number of nitrogens with zero attached hydrogens (tertiary/aromatic N) is 3. The third-order valence-corrected chi connectivity index (χ3v) is 4.30. The Balaban J connectivity index is 1.54. The maximum Gasteiger partial charge on any atom is 0.0950 e. The number of aromatic nitrogens is 2. The van der Waals surface area contributed by atoms with E-state index in [1.807, 2.05) is 12.5 Å². The Morgan fingerprint density at radius 3 is 2.95 bits per heavy atom. The lowest BCUT2D eigenvalue weighted by atomic mass is 10.2. The lowest BCUT2D eigenvalue weighted by Gasteiger charge is -2.27. The standard InChI is InChI=1S/C14H20N4S/c1(5-17-7-3-15-4-8-17)6-18-12-16-10-14(18)13-2-9-19-11-13/h2,9-12,15H,1,3-8H2. The molecule has 2 aromatic rings. The summed E-state index contributed by atoms with van der Waals surface area (Å²) in [5.74, 6) is 0. The summed E-state index contributed by atoms with van der Waals surface area (Å²) in [5.41, 5.74) is 2.52. The lowest BCUT2D eigenvalue weighted by Crippen LogP contribution is -2.43. The van der Waals surface area contributed by atoms with Gasteiger partial charge >= 0.3 is 0 Å². The van der Waals surface area contributed by atoms with E-state index in [2.05, 4.69) is 36.6 Å². The highest BCUT2D eigenvalue weighted by Crippen LogP contribution is 2.21. The van der Waals surface area contributed by atoms with E-state index in [9.17, 15) is 0 Å². The van der Waals surface area contributed by atoms with Gasteiger partial charge in [-0.2, -0.15) is 11.3 Å². The van der Waals surface area contributed by atoms with Crippen LogP contribution < -0.4 is 5.32 Å². The van der Waals surface area contributed by atoms with Crippen molar-refractivity contribution in [3.05, 3.63) is 29.4 Å². The molecule has 0 bridgehead atoms. The molecule has 3 heterocycles. The summed E-state index contributed by atoms with van der Waals surface area (Å²) in [6.07, 6.45) is 5.10. The molecule has 1 saturated heterocycles. The summed E-state index contributed by atoms with van der Waals surface area (Å²) >= 11 is 1.74. The third-order valence-electron chi connectivity index (χ3n) is 3.61. The second-order valence-corrected chi connectivity index (χ2v) is 5.71. The summed E-state index contributed by atoms with van der Waals surface area (Å²) in [6, 6.07) is 2.16. The van der Waals surface area contributed by atoms with Gasteiger partial charge in [-0.3, -0.25) is 0 Å². The number of thiophene rings is 1. The SMILES string of the molecule is c1cc(-c2cncn2CCCN2CCNCC2)cs1. The van der Waals surface area contributed by atoms with Gasteiger partial charge in [-0.25, -0.2) is 4.98 Å². The Morgan fingerprint density at radius 2 is 2.16 bits per heavy atom. The molecule has 0 aliphatic carbocycles. The van der Waals surface area contributed by atoms with Gasteiger partial charge in [0.1, 0.15) is 0 Å². The zero-order valence-corrected chi connectivity index (χ0v) is 11.9. The summed E-state index contributed by atoms with van der Waals surface area (Å²) in [4.78, 5) is 6.83. The zero-order valence-electron chi connectivity index (χ0n) is 11.1. The maximum absolute atomic E-state index is 4.29. The Morgan fingerprint density at radius 1 is 1.26 bits per heavy atom. The van der Waals surface area contributed by atoms with Crippen molar-refractivity contribution in [1.82, 2.24) is 19.8 Å². The Labute approximate surface area is 118 Å². The van der Waals surface area contributed by atoms with Crippen molar-refractivity contribution in [2.24, 2.45) is 0 Å². The molecule has 19 heavy (non-hydrogen) atoms. The summed E-state index contributed by atoms with van der Waals surface area (Å²) in [5, 5.41) is 7.69. The van der Waals surface area contributed by atoms with Crippen LogP contribution in [0.3, 0.4) is 0 Å². The maximum atomic E-state index is 4.29. The molecule has 1 fully saturated rings. The van der Waals surface area contributed by atoms with E-state index in [4.69, 9.17) is 0 Å². The Kier molecular flexibility index (Phi) is 4.27. The third kappa shape index (κ3) is 3.23. The molecule has 0 saturated carbocycles. The predicted octanol–water partition coefficient (Wildman–Crippen LogP) is 1.91. The Hall–Kier alpha value is -1.17. The van der Waals surface area contributed by atoms with Crippen molar-refractivity contribution in [2.75, 3.05) is 32.7 Å². The molecule has 1 N–H and O–H groups in total. The van der Waals surface area contributed by atoms with Crippen molar-refractivity contribution in [3.8, 4) is 11.3 Å². The number of rotatable bonds is 5. The topological polar surface area (TPSA) is 33.1 Å². The van der Waals surface area contributed by atoms with Gasteiger partial charge in [0.15, 0.2) is 0 Å². The molecule has 4 nitrogen and oxygen atoms in total. The van der Waals surface area contributed by atoms with Gasteiger partial charge in [0.05, 0.1) is 18.2 Å². The van der Waals surface area contributed by atoms with E-state index >= 15 is 0 Å². The largest absolute Gasteiger partial charge is 0.331 e. The molecule has 0 aromatic carbocycles. The molecule has 2 aromatic heterocycles. The van der Waals surface area contributed by atoms with E-state index in [-0.39, 0.29) is 0 Å². The Bertz CT molecular complexity index is 485. The average Bonchev–Trinajstić information content (AvgIpc) is 3.10. The van der Waals surface area contributed by atoms with Crippen LogP contribution in [0.25, 0.3) is 11.3 Å². The minimum Gasteiger partial charge on any atom is -0.331 e. The first-order valence-corrected chi connectivity index (χ1v) is 7.83. The van der Waals surface area contributed by atoms with Crippen molar-refractivity contribution in [1.29, 1.82) is 0 Å². The molecule has 0 amide bonds. The van der Waals surface area contributed by atoms with Crippen LogP contribution in [0.15, 0.2) is 29.4 Å². The van der Waals surface area contributed by atoms with Crippen LogP contribution in [0.1, 0.15) is 6.42 Å². The van der Waals surface area contributed by atoms with Crippen LogP contribution in [-0.2, 0) is 6.54 Å². The molecular weight excluding hydrogens is 256 g/mol. The number of nitrogens with one attached hydrogen (secondary N) is 1. The zero-order chi connectivity index (χ0) is 12.9. The molecule has 1 aliphatic heterocycles. The van der Waals surface area contributed by atoms with Crippen LogP contribution in [-0.4, -0.2) is 47.2 Å². The fourth-order valence-electron chi connectivity index (χ4n) is 2.55. The van der Waals surface area contributed by atoms with E-state index in [0.717, 1.165) is 19.6 Å². The van der Waals surface area contributed by atoms with E-state index in [0.29, 0.717) is 0 Å². The predicted molar refractivity (Wildman–Crippen MR) is 79.5 cm³/mol. The first-order valence-electron chi connectivity index (χ1n) is 6.89. The fraction of sp³-hybridized carbons (Fsp3) is 0.500. The minimum atomic E-state index is 1.05. The highest BCUT2D eigenvalue weighted by Gasteiger charge is 2.09. The number of piperazine rings is 1. The van der Waals surface area contributed by atoms with E-state index < -0.39 is 0 Å².